The van der Waals surface area contributed by atoms with Crippen molar-refractivity contribution in [3.63, 3.8) is 0 Å². The summed E-state index contributed by atoms with van der Waals surface area (Å²) in [6.45, 7) is 2.24. The van der Waals surface area contributed by atoms with Crippen LogP contribution in [0.4, 0.5) is 17.4 Å². The fourth-order valence-electron chi connectivity index (χ4n) is 2.63. The minimum Gasteiger partial charge on any atom is -0.505 e. The first-order valence-corrected chi connectivity index (χ1v) is 8.38. The molecule has 0 atom stereocenters. The van der Waals surface area contributed by atoms with Gasteiger partial charge in [-0.1, -0.05) is 47.6 Å². The first-order valence-electron chi connectivity index (χ1n) is 8.38. The summed E-state index contributed by atoms with van der Waals surface area (Å²) < 4.78 is 4.38. The van der Waals surface area contributed by atoms with Crippen molar-refractivity contribution in [3.8, 4) is 5.75 Å². The van der Waals surface area contributed by atoms with E-state index in [4.69, 9.17) is 11.5 Å². The number of para-hydroxylation sites is 1. The Morgan fingerprint density at radius 3 is 2.37 bits per heavy atom. The van der Waals surface area contributed by atoms with E-state index in [2.05, 4.69) is 20.0 Å². The van der Waals surface area contributed by atoms with Crippen LogP contribution in [0.1, 0.15) is 11.4 Å². The summed E-state index contributed by atoms with van der Waals surface area (Å²) in [4.78, 5) is 3.61. The third-order valence-electron chi connectivity index (χ3n) is 3.94. The number of phenols is 1. The number of rotatable bonds is 3. The highest BCUT2D eigenvalue weighted by molar-refractivity contribution is 5.96. The van der Waals surface area contributed by atoms with E-state index in [1.807, 2.05) is 60.7 Å². The van der Waals surface area contributed by atoms with Crippen molar-refractivity contribution in [2.24, 2.45) is 0 Å². The zero-order valence-corrected chi connectivity index (χ0v) is 14.9. The second kappa shape index (κ2) is 8.09. The highest BCUT2D eigenvalue weighted by Crippen LogP contribution is 2.33. The fourth-order valence-corrected chi connectivity index (χ4v) is 2.63. The third kappa shape index (κ3) is 4.46. The molecule has 3 aromatic carbocycles. The summed E-state index contributed by atoms with van der Waals surface area (Å²) in [5.41, 5.74) is 13.3. The van der Waals surface area contributed by atoms with Crippen LogP contribution in [0.3, 0.4) is 0 Å². The minimum absolute atomic E-state index is 0.123. The Bertz CT molecular complexity index is 1010. The van der Waals surface area contributed by atoms with Gasteiger partial charge in [0.25, 0.3) is 0 Å². The molecular formula is C20H21N5O2. The molecule has 0 saturated carbocycles. The van der Waals surface area contributed by atoms with E-state index in [1.165, 1.54) is 0 Å². The predicted octanol–water partition coefficient (Wildman–Crippen LogP) is 3.70. The normalized spacial score (nSPS) is 10.3. The van der Waals surface area contributed by atoms with Crippen molar-refractivity contribution < 1.29 is 9.63 Å². The maximum Gasteiger partial charge on any atom is 0.318 e. The van der Waals surface area contributed by atoms with Crippen molar-refractivity contribution in [3.05, 3.63) is 72.1 Å². The molecule has 0 amide bonds. The molecule has 0 unspecified atom stereocenters. The molecule has 138 valence electrons. The van der Waals surface area contributed by atoms with E-state index < -0.39 is 0 Å². The SMILES string of the molecule is Cc1noc(N)n1.Nc1c(O)c(CNc2ccccc2)cc2ccccc12. The van der Waals surface area contributed by atoms with Crippen LogP contribution in [0, 0.1) is 6.92 Å². The van der Waals surface area contributed by atoms with Crippen molar-refractivity contribution in [1.29, 1.82) is 0 Å². The monoisotopic (exact) mass is 363 g/mol. The maximum atomic E-state index is 10.2. The molecule has 0 radical (unpaired) electrons. The highest BCUT2D eigenvalue weighted by Gasteiger charge is 2.09. The second-order valence-electron chi connectivity index (χ2n) is 5.92. The molecule has 4 rings (SSSR count). The molecule has 0 aliphatic heterocycles. The number of hydrogen-bond donors (Lipinski definition) is 4. The topological polar surface area (TPSA) is 123 Å². The molecule has 7 nitrogen and oxygen atoms in total. The zero-order chi connectivity index (χ0) is 19.2. The molecule has 4 aromatic rings. The van der Waals surface area contributed by atoms with Gasteiger partial charge in [-0.3, -0.25) is 0 Å². The number of fused-ring (bicyclic) bond motifs is 1. The predicted molar refractivity (Wildman–Crippen MR) is 107 cm³/mol. The molecule has 1 aromatic heterocycles. The summed E-state index contributed by atoms with van der Waals surface area (Å²) in [6.07, 6.45) is 0. The largest absolute Gasteiger partial charge is 0.505 e. The molecule has 0 saturated heterocycles. The summed E-state index contributed by atoms with van der Waals surface area (Å²) >= 11 is 0. The lowest BCUT2D eigenvalue weighted by atomic mass is 10.0. The van der Waals surface area contributed by atoms with E-state index in [-0.39, 0.29) is 11.8 Å². The number of hydrogen-bond acceptors (Lipinski definition) is 7. The van der Waals surface area contributed by atoms with Crippen LogP contribution in [0.5, 0.6) is 5.75 Å². The lowest BCUT2D eigenvalue weighted by Crippen LogP contribution is -2.01. The summed E-state index contributed by atoms with van der Waals surface area (Å²) in [5.74, 6) is 0.727. The van der Waals surface area contributed by atoms with Crippen LogP contribution in [0.25, 0.3) is 10.8 Å². The molecule has 27 heavy (non-hydrogen) atoms. The smallest absolute Gasteiger partial charge is 0.318 e. The molecule has 7 heteroatoms. The van der Waals surface area contributed by atoms with Gasteiger partial charge < -0.3 is 26.4 Å². The van der Waals surface area contributed by atoms with Gasteiger partial charge in [0.15, 0.2) is 5.82 Å². The average Bonchev–Trinajstić information content (AvgIpc) is 3.07. The van der Waals surface area contributed by atoms with Crippen LogP contribution < -0.4 is 16.8 Å². The van der Waals surface area contributed by atoms with Crippen LogP contribution in [-0.4, -0.2) is 15.2 Å². The Labute approximate surface area is 156 Å². The van der Waals surface area contributed by atoms with Crippen LogP contribution >= 0.6 is 0 Å². The van der Waals surface area contributed by atoms with Gasteiger partial charge in [-0.05, 0) is 30.5 Å². The molecule has 6 N–H and O–H groups in total. The van der Waals surface area contributed by atoms with E-state index in [0.717, 1.165) is 22.0 Å². The summed E-state index contributed by atoms with van der Waals surface area (Å²) in [7, 11) is 0. The second-order valence-corrected chi connectivity index (χ2v) is 5.92. The lowest BCUT2D eigenvalue weighted by molar-refractivity contribution is 0.430. The van der Waals surface area contributed by atoms with Crippen molar-refractivity contribution >= 4 is 28.2 Å². The maximum absolute atomic E-state index is 10.2. The van der Waals surface area contributed by atoms with E-state index in [9.17, 15) is 5.11 Å². The zero-order valence-electron chi connectivity index (χ0n) is 14.9. The number of aryl methyl sites for hydroxylation is 1. The van der Waals surface area contributed by atoms with Crippen LogP contribution in [0.2, 0.25) is 0 Å². The Morgan fingerprint density at radius 1 is 1.04 bits per heavy atom. The van der Waals surface area contributed by atoms with Gasteiger partial charge in [0.1, 0.15) is 5.75 Å². The van der Waals surface area contributed by atoms with Crippen molar-refractivity contribution in [2.75, 3.05) is 16.8 Å². The van der Waals surface area contributed by atoms with Gasteiger partial charge in [0, 0.05) is 23.2 Å². The first-order chi connectivity index (χ1) is 13.0. The van der Waals surface area contributed by atoms with E-state index >= 15 is 0 Å². The number of nitrogen functional groups attached to an aromatic ring is 2. The van der Waals surface area contributed by atoms with E-state index in [0.29, 0.717) is 18.1 Å². The van der Waals surface area contributed by atoms with Gasteiger partial charge in [0.2, 0.25) is 0 Å². The summed E-state index contributed by atoms with van der Waals surface area (Å²) in [6, 6.07) is 19.8. The first kappa shape index (κ1) is 18.1. The van der Waals surface area contributed by atoms with E-state index in [1.54, 1.807) is 6.92 Å². The van der Waals surface area contributed by atoms with Crippen molar-refractivity contribution in [2.45, 2.75) is 13.5 Å². The number of benzene rings is 3. The van der Waals surface area contributed by atoms with Gasteiger partial charge in [0.05, 0.1) is 5.69 Å². The number of aromatic nitrogens is 2. The molecule has 0 spiro atoms. The van der Waals surface area contributed by atoms with Gasteiger partial charge in [-0.15, -0.1) is 0 Å². The number of aromatic hydroxyl groups is 1. The van der Waals surface area contributed by atoms with Crippen LogP contribution in [0.15, 0.2) is 65.2 Å². The van der Waals surface area contributed by atoms with Gasteiger partial charge in [-0.25, -0.2) is 0 Å². The van der Waals surface area contributed by atoms with Gasteiger partial charge in [-0.2, -0.15) is 4.98 Å². The Morgan fingerprint density at radius 2 is 1.74 bits per heavy atom. The molecule has 0 aliphatic carbocycles. The number of phenolic OH excluding ortho intramolecular Hbond substituents is 1. The Balaban J connectivity index is 0.000000253. The molecule has 0 bridgehead atoms. The standard InChI is InChI=1S/C17H16N2O.C3H5N3O/c18-16-15-9-5-4-6-12(15)10-13(17(16)20)11-19-14-7-2-1-3-8-14;1-2-5-3(4)7-6-2/h1-10,19-20H,11,18H2;1H3,(H2,4,5,6). The third-order valence-corrected chi connectivity index (χ3v) is 3.94. The molecule has 0 aliphatic rings. The molecule has 0 fully saturated rings. The van der Waals surface area contributed by atoms with Gasteiger partial charge >= 0.3 is 6.01 Å². The Hall–Kier alpha value is -3.74. The number of nitrogens with one attached hydrogen (secondary N) is 1. The fraction of sp³-hybridized carbons (Fsp3) is 0.100. The highest BCUT2D eigenvalue weighted by atomic mass is 16.5. The molecular weight excluding hydrogens is 342 g/mol. The lowest BCUT2D eigenvalue weighted by Gasteiger charge is -2.12. The number of nitrogens with zero attached hydrogens (tertiary/aromatic N) is 2. The average molecular weight is 363 g/mol. The number of anilines is 3. The minimum atomic E-state index is 0.123. The Kier molecular flexibility index (Phi) is 5.41. The van der Waals surface area contributed by atoms with Crippen molar-refractivity contribution in [1.82, 2.24) is 10.1 Å². The van der Waals surface area contributed by atoms with Crippen LogP contribution in [-0.2, 0) is 6.54 Å². The number of nitrogens with two attached hydrogens (primary N) is 2. The quantitative estimate of drug-likeness (QED) is 0.323. The molecule has 1 heterocycles. The summed E-state index contributed by atoms with van der Waals surface area (Å²) in [5, 5.41) is 18.8.